The Morgan fingerprint density at radius 2 is 1.92 bits per heavy atom. The zero-order valence-electron chi connectivity index (χ0n) is 13.1. The second kappa shape index (κ2) is 7.04. The van der Waals surface area contributed by atoms with Gasteiger partial charge in [0.25, 0.3) is 5.89 Å². The van der Waals surface area contributed by atoms with Gasteiger partial charge in [0.05, 0.1) is 11.3 Å². The molecule has 0 aliphatic heterocycles. The summed E-state index contributed by atoms with van der Waals surface area (Å²) in [4.78, 5) is 16.2. The highest BCUT2D eigenvalue weighted by atomic mass is 19.1. The van der Waals surface area contributed by atoms with Gasteiger partial charge in [-0.05, 0) is 42.8 Å². The molecule has 0 atom stereocenters. The van der Waals surface area contributed by atoms with E-state index in [9.17, 15) is 9.18 Å². The van der Waals surface area contributed by atoms with E-state index in [1.54, 1.807) is 24.3 Å². The largest absolute Gasteiger partial charge is 0.334 e. The van der Waals surface area contributed by atoms with E-state index >= 15 is 0 Å². The molecule has 5 nitrogen and oxygen atoms in total. The molecule has 2 aromatic carbocycles. The number of nitrogens with zero attached hydrogens (tertiary/aromatic N) is 2. The maximum Gasteiger partial charge on any atom is 0.260 e. The van der Waals surface area contributed by atoms with Gasteiger partial charge in [-0.15, -0.1) is 0 Å². The summed E-state index contributed by atoms with van der Waals surface area (Å²) in [7, 11) is 0. The second-order valence-corrected chi connectivity index (χ2v) is 5.27. The van der Waals surface area contributed by atoms with Crippen molar-refractivity contribution in [2.24, 2.45) is 0 Å². The summed E-state index contributed by atoms with van der Waals surface area (Å²) < 4.78 is 18.3. The number of aromatic nitrogens is 2. The molecule has 0 saturated heterocycles. The van der Waals surface area contributed by atoms with Crippen molar-refractivity contribution >= 4 is 11.6 Å². The van der Waals surface area contributed by atoms with Crippen LogP contribution in [0.3, 0.4) is 0 Å². The zero-order chi connectivity index (χ0) is 16.9. The molecule has 0 spiro atoms. The molecule has 0 saturated carbocycles. The fourth-order valence-corrected chi connectivity index (χ4v) is 2.27. The van der Waals surface area contributed by atoms with E-state index in [-0.39, 0.29) is 11.7 Å². The average Bonchev–Trinajstić information content (AvgIpc) is 3.06. The number of hydrogen-bond donors (Lipinski definition) is 1. The van der Waals surface area contributed by atoms with E-state index in [4.69, 9.17) is 4.52 Å². The van der Waals surface area contributed by atoms with Crippen molar-refractivity contribution in [2.45, 2.75) is 19.8 Å². The summed E-state index contributed by atoms with van der Waals surface area (Å²) >= 11 is 0. The van der Waals surface area contributed by atoms with Crippen molar-refractivity contribution in [3.63, 3.8) is 0 Å². The molecule has 1 aromatic heterocycles. The Balaban J connectivity index is 1.90. The molecule has 0 aliphatic rings. The third kappa shape index (κ3) is 3.48. The molecule has 3 aromatic rings. The van der Waals surface area contributed by atoms with Crippen LogP contribution < -0.4 is 5.32 Å². The molecule has 6 heteroatoms. The Morgan fingerprint density at radius 3 is 2.67 bits per heavy atom. The summed E-state index contributed by atoms with van der Waals surface area (Å²) in [5, 5.41) is 6.78. The minimum absolute atomic E-state index is 0.0665. The van der Waals surface area contributed by atoms with E-state index in [1.807, 2.05) is 19.1 Å². The zero-order valence-corrected chi connectivity index (χ0v) is 13.1. The minimum Gasteiger partial charge on any atom is -0.334 e. The molecule has 1 N–H and O–H groups in total. The van der Waals surface area contributed by atoms with Crippen LogP contribution in [0.4, 0.5) is 10.1 Å². The minimum atomic E-state index is -0.327. The van der Waals surface area contributed by atoms with Crippen LogP contribution in [0, 0.1) is 5.82 Å². The third-order valence-electron chi connectivity index (χ3n) is 3.44. The van der Waals surface area contributed by atoms with Gasteiger partial charge < -0.3 is 9.84 Å². The van der Waals surface area contributed by atoms with Crippen LogP contribution in [-0.2, 0) is 4.79 Å². The van der Waals surface area contributed by atoms with Crippen LogP contribution in [0.1, 0.15) is 19.8 Å². The first-order valence-corrected chi connectivity index (χ1v) is 7.66. The van der Waals surface area contributed by atoms with Crippen LogP contribution in [-0.4, -0.2) is 16.0 Å². The van der Waals surface area contributed by atoms with Crippen LogP contribution in [0.2, 0.25) is 0 Å². The van der Waals surface area contributed by atoms with Gasteiger partial charge in [-0.2, -0.15) is 4.98 Å². The number of halogens is 1. The lowest BCUT2D eigenvalue weighted by Crippen LogP contribution is -2.11. The number of rotatable bonds is 5. The Morgan fingerprint density at radius 1 is 1.17 bits per heavy atom. The first-order valence-electron chi connectivity index (χ1n) is 7.66. The first-order chi connectivity index (χ1) is 11.7. The molecule has 0 aliphatic carbocycles. The van der Waals surface area contributed by atoms with E-state index in [1.165, 1.54) is 12.1 Å². The van der Waals surface area contributed by atoms with Crippen molar-refractivity contribution in [1.29, 1.82) is 0 Å². The van der Waals surface area contributed by atoms with Crippen LogP contribution in [0.15, 0.2) is 53.1 Å². The molecule has 122 valence electrons. The number of amides is 1. The van der Waals surface area contributed by atoms with E-state index in [2.05, 4.69) is 15.5 Å². The van der Waals surface area contributed by atoms with Crippen molar-refractivity contribution in [2.75, 3.05) is 5.32 Å². The SMILES string of the molecule is CCCC(=O)Nc1ccccc1-c1nc(-c2ccc(F)cc2)no1. The van der Waals surface area contributed by atoms with Crippen molar-refractivity contribution in [1.82, 2.24) is 10.1 Å². The second-order valence-electron chi connectivity index (χ2n) is 5.27. The summed E-state index contributed by atoms with van der Waals surface area (Å²) in [5.74, 6) is 0.260. The number of carbonyl (C=O) groups is 1. The number of carbonyl (C=O) groups excluding carboxylic acids is 1. The van der Waals surface area contributed by atoms with E-state index in [0.29, 0.717) is 35.0 Å². The number of nitrogens with one attached hydrogen (secondary N) is 1. The van der Waals surface area contributed by atoms with Gasteiger partial charge in [0.2, 0.25) is 11.7 Å². The Labute approximate surface area is 138 Å². The third-order valence-corrected chi connectivity index (χ3v) is 3.44. The molecule has 0 radical (unpaired) electrons. The smallest absolute Gasteiger partial charge is 0.260 e. The van der Waals surface area contributed by atoms with Gasteiger partial charge in [-0.25, -0.2) is 4.39 Å². The van der Waals surface area contributed by atoms with Crippen molar-refractivity contribution in [3.8, 4) is 22.8 Å². The number of benzene rings is 2. The highest BCUT2D eigenvalue weighted by Crippen LogP contribution is 2.28. The summed E-state index contributed by atoms with van der Waals surface area (Å²) in [6, 6.07) is 13.1. The maximum atomic E-state index is 13.0. The topological polar surface area (TPSA) is 68.0 Å². The lowest BCUT2D eigenvalue weighted by atomic mass is 10.1. The fraction of sp³-hybridized carbons (Fsp3) is 0.167. The van der Waals surface area contributed by atoms with Gasteiger partial charge in [-0.3, -0.25) is 4.79 Å². The number of para-hydroxylation sites is 1. The number of hydrogen-bond acceptors (Lipinski definition) is 4. The van der Waals surface area contributed by atoms with Gasteiger partial charge in [-0.1, -0.05) is 24.2 Å². The van der Waals surface area contributed by atoms with Gasteiger partial charge >= 0.3 is 0 Å². The molecule has 0 unspecified atom stereocenters. The van der Waals surface area contributed by atoms with Crippen molar-refractivity contribution in [3.05, 3.63) is 54.3 Å². The fourth-order valence-electron chi connectivity index (χ4n) is 2.27. The lowest BCUT2D eigenvalue weighted by molar-refractivity contribution is -0.116. The Hall–Kier alpha value is -3.02. The quantitative estimate of drug-likeness (QED) is 0.760. The molecular formula is C18H16FN3O2. The molecule has 0 bridgehead atoms. The van der Waals surface area contributed by atoms with Crippen molar-refractivity contribution < 1.29 is 13.7 Å². The van der Waals surface area contributed by atoms with Crippen LogP contribution >= 0.6 is 0 Å². The van der Waals surface area contributed by atoms with Gasteiger partial charge in [0, 0.05) is 12.0 Å². The highest BCUT2D eigenvalue weighted by molar-refractivity contribution is 5.94. The van der Waals surface area contributed by atoms with Gasteiger partial charge in [0.15, 0.2) is 0 Å². The molecule has 1 amide bonds. The standard InChI is InChI=1S/C18H16FN3O2/c1-2-5-16(23)20-15-7-4-3-6-14(15)18-21-17(22-24-18)12-8-10-13(19)11-9-12/h3-4,6-11H,2,5H2,1H3,(H,20,23). The van der Waals surface area contributed by atoms with Crippen LogP contribution in [0.25, 0.3) is 22.8 Å². The summed E-state index contributed by atoms with van der Waals surface area (Å²) in [6.45, 7) is 1.94. The lowest BCUT2D eigenvalue weighted by Gasteiger charge is -2.07. The highest BCUT2D eigenvalue weighted by Gasteiger charge is 2.15. The Bertz CT molecular complexity index is 843. The summed E-state index contributed by atoms with van der Waals surface area (Å²) in [5.41, 5.74) is 1.91. The van der Waals surface area contributed by atoms with E-state index < -0.39 is 0 Å². The molecular weight excluding hydrogens is 309 g/mol. The molecule has 1 heterocycles. The molecule has 3 rings (SSSR count). The number of anilines is 1. The predicted molar refractivity (Wildman–Crippen MR) is 88.7 cm³/mol. The molecule has 0 fully saturated rings. The van der Waals surface area contributed by atoms with Gasteiger partial charge in [0.1, 0.15) is 5.82 Å². The molecule has 24 heavy (non-hydrogen) atoms. The Kier molecular flexibility index (Phi) is 4.65. The summed E-state index contributed by atoms with van der Waals surface area (Å²) in [6.07, 6.45) is 1.21. The van der Waals surface area contributed by atoms with E-state index in [0.717, 1.165) is 6.42 Å². The predicted octanol–water partition coefficient (Wildman–Crippen LogP) is 4.28. The first kappa shape index (κ1) is 15.9. The maximum absolute atomic E-state index is 13.0. The monoisotopic (exact) mass is 325 g/mol. The average molecular weight is 325 g/mol. The normalized spacial score (nSPS) is 10.6. The van der Waals surface area contributed by atoms with Crippen LogP contribution in [0.5, 0.6) is 0 Å².